The molecule has 0 amide bonds. The number of aldehydes is 1. The van der Waals surface area contributed by atoms with Crippen molar-refractivity contribution in [3.05, 3.63) is 47.8 Å². The van der Waals surface area contributed by atoms with Crippen molar-refractivity contribution in [3.8, 4) is 11.3 Å². The molecule has 1 N–H and O–H groups in total. The van der Waals surface area contributed by atoms with Gasteiger partial charge in [0.15, 0.2) is 5.82 Å². The first-order valence-electron chi connectivity index (χ1n) is 7.06. The van der Waals surface area contributed by atoms with E-state index in [0.29, 0.717) is 6.42 Å². The van der Waals surface area contributed by atoms with Crippen molar-refractivity contribution in [1.82, 2.24) is 20.5 Å². The van der Waals surface area contributed by atoms with E-state index in [9.17, 15) is 4.79 Å². The minimum atomic E-state index is 0.433. The second-order valence-electron chi connectivity index (χ2n) is 5.33. The lowest BCUT2D eigenvalue weighted by molar-refractivity contribution is -0.107. The van der Waals surface area contributed by atoms with Gasteiger partial charge in [-0.15, -0.1) is 0 Å². The molecule has 3 aromatic rings. The number of pyridine rings is 1. The van der Waals surface area contributed by atoms with E-state index in [1.807, 2.05) is 43.6 Å². The number of fused-ring (bicyclic) bond motifs is 3. The van der Waals surface area contributed by atoms with Crippen molar-refractivity contribution in [2.45, 2.75) is 13.3 Å². The van der Waals surface area contributed by atoms with E-state index < -0.39 is 0 Å². The molecule has 2 aromatic heterocycles. The number of allylic oxidation sites excluding steroid dienone is 1. The molecule has 0 fully saturated rings. The Morgan fingerprint density at radius 3 is 2.82 bits per heavy atom. The number of hydrogen-bond donors (Lipinski definition) is 1. The number of carbonyl (C=O) groups excluding carboxylic acids is 1. The summed E-state index contributed by atoms with van der Waals surface area (Å²) < 4.78 is 0. The molecule has 1 radical (unpaired) electrons. The third kappa shape index (κ3) is 1.83. The van der Waals surface area contributed by atoms with Crippen LogP contribution in [0, 0.1) is 0 Å². The largest absolute Gasteiger partial charge is 0.303 e. The summed E-state index contributed by atoms with van der Waals surface area (Å²) in [5.41, 5.74) is 5.93. The summed E-state index contributed by atoms with van der Waals surface area (Å²) in [7, 11) is 0. The summed E-state index contributed by atoms with van der Waals surface area (Å²) in [5.74, 6) is 0.738. The standard InChI is InChI=1S/C17H13N4O/c1-10-8-18-17-14(10)16-13(9-19-17)15(20-21-16)12-4-2-11(3-5-12)6-7-22/h2-5,7-9H,6H2,1H3,(H,20,21). The van der Waals surface area contributed by atoms with Crippen LogP contribution in [0.3, 0.4) is 0 Å². The van der Waals surface area contributed by atoms with Crippen molar-refractivity contribution in [3.63, 3.8) is 0 Å². The maximum atomic E-state index is 10.6. The summed E-state index contributed by atoms with van der Waals surface area (Å²) in [5, 5.41) is 12.8. The average Bonchev–Trinajstić information content (AvgIpc) is 3.12. The fraction of sp³-hybridized carbons (Fsp3) is 0.118. The molecule has 22 heavy (non-hydrogen) atoms. The minimum Gasteiger partial charge on any atom is -0.303 e. The number of nitrogens with zero attached hydrogens (tertiary/aromatic N) is 3. The maximum absolute atomic E-state index is 10.6. The van der Waals surface area contributed by atoms with Gasteiger partial charge < -0.3 is 4.79 Å². The molecule has 0 atom stereocenters. The highest BCUT2D eigenvalue weighted by Crippen LogP contribution is 2.36. The van der Waals surface area contributed by atoms with Gasteiger partial charge in [-0.2, -0.15) is 5.10 Å². The van der Waals surface area contributed by atoms with Gasteiger partial charge in [0.1, 0.15) is 12.0 Å². The van der Waals surface area contributed by atoms with Crippen LogP contribution < -0.4 is 5.32 Å². The topological polar surface area (TPSA) is 72.7 Å². The third-order valence-electron chi connectivity index (χ3n) is 3.91. The molecule has 1 aliphatic rings. The number of hydrogen-bond acceptors (Lipinski definition) is 3. The molecular weight excluding hydrogens is 276 g/mol. The van der Waals surface area contributed by atoms with Gasteiger partial charge in [0.05, 0.1) is 5.52 Å². The van der Waals surface area contributed by atoms with Crippen molar-refractivity contribution < 1.29 is 4.79 Å². The summed E-state index contributed by atoms with van der Waals surface area (Å²) in [6, 6.07) is 7.86. The lowest BCUT2D eigenvalue weighted by atomic mass is 10.0. The van der Waals surface area contributed by atoms with Crippen LogP contribution in [-0.2, 0) is 11.2 Å². The van der Waals surface area contributed by atoms with Crippen LogP contribution in [0.4, 0.5) is 5.82 Å². The summed E-state index contributed by atoms with van der Waals surface area (Å²) >= 11 is 0. The van der Waals surface area contributed by atoms with Gasteiger partial charge in [0.25, 0.3) is 0 Å². The van der Waals surface area contributed by atoms with Crippen molar-refractivity contribution in [2.24, 2.45) is 0 Å². The van der Waals surface area contributed by atoms with Gasteiger partial charge in [0, 0.05) is 35.3 Å². The zero-order valence-corrected chi connectivity index (χ0v) is 12.0. The van der Waals surface area contributed by atoms with Crippen molar-refractivity contribution >= 4 is 28.6 Å². The average molecular weight is 289 g/mol. The van der Waals surface area contributed by atoms with Crippen molar-refractivity contribution in [1.29, 1.82) is 0 Å². The lowest BCUT2D eigenvalue weighted by Gasteiger charge is -2.02. The quantitative estimate of drug-likeness (QED) is 0.753. The normalized spacial score (nSPS) is 12.9. The van der Waals surface area contributed by atoms with Gasteiger partial charge in [-0.05, 0) is 18.1 Å². The minimum absolute atomic E-state index is 0.433. The van der Waals surface area contributed by atoms with Gasteiger partial charge in [0.2, 0.25) is 0 Å². The fourth-order valence-corrected chi connectivity index (χ4v) is 2.78. The number of aromatic nitrogens is 3. The van der Waals surface area contributed by atoms with Crippen molar-refractivity contribution in [2.75, 3.05) is 0 Å². The monoisotopic (exact) mass is 289 g/mol. The van der Waals surface area contributed by atoms with Crippen LogP contribution in [0.2, 0.25) is 0 Å². The van der Waals surface area contributed by atoms with Crippen LogP contribution in [0.5, 0.6) is 0 Å². The molecule has 0 saturated heterocycles. The van der Waals surface area contributed by atoms with Gasteiger partial charge in [-0.1, -0.05) is 24.3 Å². The molecule has 0 unspecified atom stereocenters. The first-order chi connectivity index (χ1) is 10.8. The van der Waals surface area contributed by atoms with E-state index in [4.69, 9.17) is 0 Å². The van der Waals surface area contributed by atoms with Crippen LogP contribution in [0.15, 0.2) is 36.7 Å². The number of carbonyl (C=O) groups is 1. The van der Waals surface area contributed by atoms with Crippen LogP contribution in [0.1, 0.15) is 18.1 Å². The summed E-state index contributed by atoms with van der Waals surface area (Å²) in [4.78, 5) is 15.0. The zero-order chi connectivity index (χ0) is 15.1. The number of benzene rings is 1. The van der Waals surface area contributed by atoms with Gasteiger partial charge >= 0.3 is 0 Å². The molecule has 0 bridgehead atoms. The Balaban J connectivity index is 1.85. The van der Waals surface area contributed by atoms with E-state index in [2.05, 4.69) is 20.5 Å². The molecule has 1 aliphatic heterocycles. The molecule has 107 valence electrons. The smallest absolute Gasteiger partial charge is 0.161 e. The SMILES string of the molecule is CC1=C[N]c2ncc3c(-c4ccc(CC=O)cc4)n[nH]c3c21. The predicted molar refractivity (Wildman–Crippen MR) is 84.5 cm³/mol. The van der Waals surface area contributed by atoms with Crippen LogP contribution in [-0.4, -0.2) is 21.5 Å². The predicted octanol–water partition coefficient (Wildman–Crippen LogP) is 2.98. The molecule has 4 rings (SSSR count). The second kappa shape index (κ2) is 4.80. The highest BCUT2D eigenvalue weighted by molar-refractivity contribution is 6.01. The Bertz CT molecular complexity index is 906. The Morgan fingerprint density at radius 1 is 1.23 bits per heavy atom. The van der Waals surface area contributed by atoms with Crippen LogP contribution in [0.25, 0.3) is 27.7 Å². The van der Waals surface area contributed by atoms with E-state index >= 15 is 0 Å². The van der Waals surface area contributed by atoms with E-state index in [-0.39, 0.29) is 0 Å². The Kier molecular flexibility index (Phi) is 2.79. The molecule has 0 saturated carbocycles. The van der Waals surface area contributed by atoms with E-state index in [1.54, 1.807) is 0 Å². The number of H-pyrrole nitrogens is 1. The first-order valence-corrected chi connectivity index (χ1v) is 7.06. The molecule has 1 aromatic carbocycles. The molecule has 3 heterocycles. The van der Waals surface area contributed by atoms with E-state index in [1.165, 1.54) is 0 Å². The van der Waals surface area contributed by atoms with Crippen LogP contribution >= 0.6 is 0 Å². The molecule has 0 spiro atoms. The van der Waals surface area contributed by atoms with Gasteiger partial charge in [-0.25, -0.2) is 10.3 Å². The Morgan fingerprint density at radius 2 is 2.05 bits per heavy atom. The molecular formula is C17H13N4O. The number of aromatic amines is 1. The highest BCUT2D eigenvalue weighted by Gasteiger charge is 2.20. The van der Waals surface area contributed by atoms with E-state index in [0.717, 1.165) is 51.0 Å². The fourth-order valence-electron chi connectivity index (χ4n) is 2.78. The number of rotatable bonds is 3. The molecule has 5 nitrogen and oxygen atoms in total. The summed E-state index contributed by atoms with van der Waals surface area (Å²) in [6.07, 6.45) is 4.97. The lowest BCUT2D eigenvalue weighted by Crippen LogP contribution is -1.89. The maximum Gasteiger partial charge on any atom is 0.161 e. The Labute approximate surface area is 127 Å². The molecule has 5 heteroatoms. The van der Waals surface area contributed by atoms with Gasteiger partial charge in [-0.3, -0.25) is 5.10 Å². The first kappa shape index (κ1) is 12.8. The highest BCUT2D eigenvalue weighted by atomic mass is 16.1. The summed E-state index contributed by atoms with van der Waals surface area (Å²) in [6.45, 7) is 2.02. The number of nitrogens with one attached hydrogen (secondary N) is 1. The Hall–Kier alpha value is -2.95. The zero-order valence-electron chi connectivity index (χ0n) is 12.0. The molecule has 0 aliphatic carbocycles. The second-order valence-corrected chi connectivity index (χ2v) is 5.33. The third-order valence-corrected chi connectivity index (χ3v) is 3.91.